The molecule has 0 radical (unpaired) electrons. The minimum Gasteiger partial charge on any atom is -0.397 e. The molecule has 3 heterocycles. The van der Waals surface area contributed by atoms with Crippen molar-refractivity contribution in [2.45, 2.75) is 6.92 Å². The van der Waals surface area contributed by atoms with Crippen molar-refractivity contribution in [2.75, 3.05) is 5.73 Å². The average molecular weight is 414 g/mol. The number of hydrogen-bond acceptors (Lipinski definition) is 5. The number of anilines is 1. The molecule has 146 valence electrons. The lowest BCUT2D eigenvalue weighted by molar-refractivity contribution is 1.01. The topological polar surface area (TPSA) is 86.7 Å². The summed E-state index contributed by atoms with van der Waals surface area (Å²) in [6.07, 6.45) is 3.21. The quantitative estimate of drug-likeness (QED) is 0.459. The van der Waals surface area contributed by atoms with E-state index in [-0.39, 0.29) is 5.56 Å². The second-order valence-electron chi connectivity index (χ2n) is 7.03. The standard InChI is InChI=1S/C23H16ClN5O/c1-13-2-9-18-21(25)20(14-3-4-15-11-26-12-27-19(15)10-14)23(30)29(22(18)28-13)17-7-5-16(24)6-8-17/h2-12H,25H2,1H3. The number of nitrogen functional groups attached to an aromatic ring is 1. The van der Waals surface area contributed by atoms with Gasteiger partial charge in [0.15, 0.2) is 0 Å². The first-order chi connectivity index (χ1) is 14.5. The number of pyridine rings is 2. The molecule has 0 saturated carbocycles. The van der Waals surface area contributed by atoms with E-state index in [4.69, 9.17) is 17.3 Å². The summed E-state index contributed by atoms with van der Waals surface area (Å²) in [4.78, 5) is 26.7. The number of halogens is 1. The molecular formula is C23H16ClN5O. The number of aryl methyl sites for hydroxylation is 1. The van der Waals surface area contributed by atoms with Gasteiger partial charge in [0.1, 0.15) is 12.0 Å². The van der Waals surface area contributed by atoms with Crippen LogP contribution in [0, 0.1) is 6.92 Å². The lowest BCUT2D eigenvalue weighted by atomic mass is 10.0. The van der Waals surface area contributed by atoms with Crippen LogP contribution in [0.5, 0.6) is 0 Å². The maximum Gasteiger partial charge on any atom is 0.266 e. The van der Waals surface area contributed by atoms with E-state index in [1.807, 2.05) is 37.3 Å². The normalized spacial score (nSPS) is 11.3. The van der Waals surface area contributed by atoms with Gasteiger partial charge < -0.3 is 5.73 Å². The molecule has 0 aliphatic carbocycles. The number of hydrogen-bond donors (Lipinski definition) is 1. The molecule has 0 aliphatic heterocycles. The molecule has 0 aliphatic rings. The van der Waals surface area contributed by atoms with Crippen LogP contribution in [0.15, 0.2) is 71.9 Å². The third kappa shape index (κ3) is 2.89. The molecule has 0 saturated heterocycles. The summed E-state index contributed by atoms with van der Waals surface area (Å²) in [6.45, 7) is 1.88. The fourth-order valence-corrected chi connectivity index (χ4v) is 3.75. The van der Waals surface area contributed by atoms with Gasteiger partial charge >= 0.3 is 0 Å². The lowest BCUT2D eigenvalue weighted by Gasteiger charge is -2.16. The summed E-state index contributed by atoms with van der Waals surface area (Å²) in [5, 5.41) is 2.17. The first-order valence-electron chi connectivity index (χ1n) is 9.31. The van der Waals surface area contributed by atoms with Crippen LogP contribution in [0.3, 0.4) is 0 Å². The summed E-state index contributed by atoms with van der Waals surface area (Å²) < 4.78 is 1.58. The molecule has 30 heavy (non-hydrogen) atoms. The Morgan fingerprint density at radius 3 is 2.63 bits per heavy atom. The highest BCUT2D eigenvalue weighted by atomic mass is 35.5. The van der Waals surface area contributed by atoms with Crippen LogP contribution in [0.1, 0.15) is 5.69 Å². The summed E-state index contributed by atoms with van der Waals surface area (Å²) in [7, 11) is 0. The molecule has 0 fully saturated rings. The Morgan fingerprint density at radius 1 is 1.03 bits per heavy atom. The highest BCUT2D eigenvalue weighted by Gasteiger charge is 2.19. The molecule has 5 aromatic rings. The van der Waals surface area contributed by atoms with Crippen LogP contribution in [0.4, 0.5) is 5.69 Å². The predicted octanol–water partition coefficient (Wildman–Crippen LogP) is 4.54. The Morgan fingerprint density at radius 2 is 1.83 bits per heavy atom. The number of nitrogens with zero attached hydrogens (tertiary/aromatic N) is 4. The number of rotatable bonds is 2. The SMILES string of the molecule is Cc1ccc2c(N)c(-c3ccc4cncnc4c3)c(=O)n(-c3ccc(Cl)cc3)c2n1. The summed E-state index contributed by atoms with van der Waals surface area (Å²) in [5.41, 5.74) is 10.4. The fourth-order valence-electron chi connectivity index (χ4n) is 3.62. The van der Waals surface area contributed by atoms with E-state index < -0.39 is 0 Å². The van der Waals surface area contributed by atoms with Gasteiger partial charge in [0.05, 0.1) is 22.5 Å². The van der Waals surface area contributed by atoms with Gasteiger partial charge in [-0.15, -0.1) is 0 Å². The van der Waals surface area contributed by atoms with Crippen molar-refractivity contribution in [3.63, 3.8) is 0 Å². The van der Waals surface area contributed by atoms with Gasteiger partial charge in [-0.1, -0.05) is 23.7 Å². The zero-order valence-corrected chi connectivity index (χ0v) is 16.8. The molecular weight excluding hydrogens is 398 g/mol. The second kappa shape index (κ2) is 6.93. The van der Waals surface area contributed by atoms with Crippen molar-refractivity contribution < 1.29 is 0 Å². The summed E-state index contributed by atoms with van der Waals surface area (Å²) in [6, 6.07) is 16.4. The van der Waals surface area contributed by atoms with Gasteiger partial charge in [-0.3, -0.25) is 9.36 Å². The number of nitrogens with two attached hydrogens (primary N) is 1. The zero-order chi connectivity index (χ0) is 20.8. The highest BCUT2D eigenvalue weighted by molar-refractivity contribution is 6.30. The van der Waals surface area contributed by atoms with Crippen LogP contribution in [0.2, 0.25) is 5.02 Å². The fraction of sp³-hybridized carbons (Fsp3) is 0.0435. The second-order valence-corrected chi connectivity index (χ2v) is 7.46. The third-order valence-electron chi connectivity index (χ3n) is 5.08. The summed E-state index contributed by atoms with van der Waals surface area (Å²) in [5.74, 6) is 0. The highest BCUT2D eigenvalue weighted by Crippen LogP contribution is 2.31. The van der Waals surface area contributed by atoms with E-state index in [9.17, 15) is 4.79 Å². The Labute approximate surface area is 176 Å². The van der Waals surface area contributed by atoms with Gasteiger partial charge in [-0.2, -0.15) is 0 Å². The molecule has 2 N–H and O–H groups in total. The largest absolute Gasteiger partial charge is 0.397 e. The zero-order valence-electron chi connectivity index (χ0n) is 16.0. The smallest absolute Gasteiger partial charge is 0.266 e. The van der Waals surface area contributed by atoms with Crippen molar-refractivity contribution in [3.8, 4) is 16.8 Å². The Kier molecular flexibility index (Phi) is 4.22. The number of aromatic nitrogens is 4. The Bertz CT molecular complexity index is 1490. The van der Waals surface area contributed by atoms with Gasteiger partial charge in [0.2, 0.25) is 0 Å². The van der Waals surface area contributed by atoms with Crippen LogP contribution in [-0.2, 0) is 0 Å². The molecule has 0 spiro atoms. The first-order valence-corrected chi connectivity index (χ1v) is 9.68. The average Bonchev–Trinajstić information content (AvgIpc) is 2.75. The molecule has 0 amide bonds. The summed E-state index contributed by atoms with van der Waals surface area (Å²) >= 11 is 6.06. The van der Waals surface area contributed by atoms with E-state index >= 15 is 0 Å². The maximum atomic E-state index is 13.7. The van der Waals surface area contributed by atoms with Crippen LogP contribution < -0.4 is 11.3 Å². The first kappa shape index (κ1) is 18.3. The van der Waals surface area contributed by atoms with E-state index in [1.54, 1.807) is 35.0 Å². The van der Waals surface area contributed by atoms with E-state index in [2.05, 4.69) is 15.0 Å². The lowest BCUT2D eigenvalue weighted by Crippen LogP contribution is -2.23. The van der Waals surface area contributed by atoms with E-state index in [0.29, 0.717) is 38.6 Å². The molecule has 2 aromatic carbocycles. The van der Waals surface area contributed by atoms with Crippen molar-refractivity contribution in [2.24, 2.45) is 0 Å². The molecule has 0 atom stereocenters. The molecule has 6 nitrogen and oxygen atoms in total. The van der Waals surface area contributed by atoms with Crippen LogP contribution in [0.25, 0.3) is 38.8 Å². The molecule has 0 unspecified atom stereocenters. The van der Waals surface area contributed by atoms with Gasteiger partial charge in [-0.05, 0) is 55.0 Å². The van der Waals surface area contributed by atoms with E-state index in [1.165, 1.54) is 6.33 Å². The number of benzene rings is 2. The predicted molar refractivity (Wildman–Crippen MR) is 120 cm³/mol. The maximum absolute atomic E-state index is 13.7. The molecule has 3 aromatic heterocycles. The minimum absolute atomic E-state index is 0.256. The van der Waals surface area contributed by atoms with Crippen LogP contribution in [-0.4, -0.2) is 19.5 Å². The van der Waals surface area contributed by atoms with Crippen LogP contribution >= 0.6 is 11.6 Å². The van der Waals surface area contributed by atoms with Crippen molar-refractivity contribution in [1.82, 2.24) is 19.5 Å². The number of fused-ring (bicyclic) bond motifs is 2. The monoisotopic (exact) mass is 413 g/mol. The van der Waals surface area contributed by atoms with Gasteiger partial charge in [0, 0.05) is 27.7 Å². The Hall–Kier alpha value is -3.77. The Balaban J connectivity index is 1.90. The molecule has 7 heteroatoms. The third-order valence-corrected chi connectivity index (χ3v) is 5.34. The van der Waals surface area contributed by atoms with Crippen molar-refractivity contribution >= 4 is 39.2 Å². The van der Waals surface area contributed by atoms with Gasteiger partial charge in [0.25, 0.3) is 5.56 Å². The molecule has 0 bridgehead atoms. The van der Waals surface area contributed by atoms with E-state index in [0.717, 1.165) is 16.6 Å². The van der Waals surface area contributed by atoms with Gasteiger partial charge in [-0.25, -0.2) is 15.0 Å². The van der Waals surface area contributed by atoms with Crippen molar-refractivity contribution in [3.05, 3.63) is 88.2 Å². The minimum atomic E-state index is -0.256. The molecule has 5 rings (SSSR count). The van der Waals surface area contributed by atoms with Crippen molar-refractivity contribution in [1.29, 1.82) is 0 Å².